The summed E-state index contributed by atoms with van der Waals surface area (Å²) in [5.41, 5.74) is 7.01. The maximum Gasteiger partial charge on any atom is 0.323 e. The Hall–Kier alpha value is -5.46. The number of carbonyl (C=O) groups excluding carboxylic acids is 2. The summed E-state index contributed by atoms with van der Waals surface area (Å²) in [6.07, 6.45) is -3.19. The van der Waals surface area contributed by atoms with E-state index in [1.165, 1.54) is 6.08 Å². The van der Waals surface area contributed by atoms with E-state index in [1.54, 1.807) is 0 Å². The molecule has 3 unspecified atom stereocenters. The zero-order valence-electron chi connectivity index (χ0n) is 32.0. The Morgan fingerprint density at radius 3 is 1.83 bits per heavy atom. The predicted octanol–water partition coefficient (Wildman–Crippen LogP) is 7.71. The van der Waals surface area contributed by atoms with Gasteiger partial charge in [0.1, 0.15) is 37.6 Å². The molecule has 2 fully saturated rings. The fourth-order valence-electron chi connectivity index (χ4n) is 7.73. The number of benzene rings is 5. The summed E-state index contributed by atoms with van der Waals surface area (Å²) in [5, 5.41) is 0. The Balaban J connectivity index is 1.04. The van der Waals surface area contributed by atoms with E-state index in [0.29, 0.717) is 0 Å². The lowest BCUT2D eigenvalue weighted by molar-refractivity contribution is -0.373. The number of carbonyl (C=O) groups is 2. The second-order valence-corrected chi connectivity index (χ2v) is 14.4. The second-order valence-electron chi connectivity index (χ2n) is 14.4. The van der Waals surface area contributed by atoms with E-state index in [9.17, 15) is 9.59 Å². The van der Waals surface area contributed by atoms with Gasteiger partial charge < -0.3 is 37.9 Å². The molecule has 0 aromatic heterocycles. The highest BCUT2D eigenvalue weighted by Gasteiger charge is 2.52. The molecule has 1 aliphatic carbocycles. The summed E-state index contributed by atoms with van der Waals surface area (Å²) in [6, 6.07) is 45.3. The molecule has 2 heterocycles. The van der Waals surface area contributed by atoms with E-state index in [0.717, 1.165) is 38.9 Å². The van der Waals surface area contributed by atoms with Crippen LogP contribution in [0.4, 0.5) is 0 Å². The quantitative estimate of drug-likeness (QED) is 0.0561. The van der Waals surface area contributed by atoms with Gasteiger partial charge in [0.15, 0.2) is 18.5 Å². The zero-order valence-corrected chi connectivity index (χ0v) is 32.0. The van der Waals surface area contributed by atoms with Crippen molar-refractivity contribution >= 4 is 11.9 Å². The minimum Gasteiger partial charge on any atom is -0.464 e. The summed E-state index contributed by atoms with van der Waals surface area (Å²) in [5.74, 6) is -3.23. The van der Waals surface area contributed by atoms with E-state index >= 15 is 0 Å². The highest BCUT2D eigenvalue weighted by atomic mass is 16.8. The molecule has 0 radical (unpaired) electrons. The van der Waals surface area contributed by atoms with Gasteiger partial charge in [0.2, 0.25) is 0 Å². The number of ether oxygens (including phenoxy) is 8. The van der Waals surface area contributed by atoms with Crippen molar-refractivity contribution < 1.29 is 47.5 Å². The number of rotatable bonds is 16. The molecule has 10 heteroatoms. The molecule has 0 N–H and O–H groups in total. The predicted molar refractivity (Wildman–Crippen MR) is 214 cm³/mol. The van der Waals surface area contributed by atoms with Gasteiger partial charge in [-0.25, -0.2) is 0 Å². The molecule has 5 aromatic rings. The van der Waals surface area contributed by atoms with Crippen LogP contribution < -0.4 is 0 Å². The molecule has 8 rings (SSSR count). The topological polar surface area (TPSA) is 108 Å². The van der Waals surface area contributed by atoms with Crippen LogP contribution in [0.3, 0.4) is 0 Å². The minimum atomic E-state index is -1.44. The van der Waals surface area contributed by atoms with Crippen LogP contribution in [0.1, 0.15) is 40.0 Å². The molecule has 0 bridgehead atoms. The first kappa shape index (κ1) is 39.4. The average Bonchev–Trinajstić information content (AvgIpc) is 3.60. The monoisotopic (exact) mass is 782 g/mol. The Labute approximate surface area is 338 Å². The summed E-state index contributed by atoms with van der Waals surface area (Å²) >= 11 is 0. The Morgan fingerprint density at radius 2 is 1.21 bits per heavy atom. The molecule has 58 heavy (non-hydrogen) atoms. The largest absolute Gasteiger partial charge is 0.464 e. The van der Waals surface area contributed by atoms with Crippen LogP contribution in [-0.4, -0.2) is 69.1 Å². The molecular formula is C48H46O10. The van der Waals surface area contributed by atoms with Crippen molar-refractivity contribution in [3.63, 3.8) is 0 Å². The lowest BCUT2D eigenvalue weighted by Gasteiger charge is -2.49. The summed E-state index contributed by atoms with van der Waals surface area (Å²) < 4.78 is 50.5. The highest BCUT2D eigenvalue weighted by Crippen LogP contribution is 2.45. The maximum atomic E-state index is 14.0. The third-order valence-electron chi connectivity index (χ3n) is 10.6. The van der Waals surface area contributed by atoms with E-state index < -0.39 is 61.5 Å². The third kappa shape index (κ3) is 8.98. The van der Waals surface area contributed by atoms with E-state index in [2.05, 4.69) is 18.7 Å². The van der Waals surface area contributed by atoms with Gasteiger partial charge in [0, 0.05) is 11.5 Å². The summed E-state index contributed by atoms with van der Waals surface area (Å²) in [4.78, 5) is 27.5. The van der Waals surface area contributed by atoms with Crippen LogP contribution >= 0.6 is 0 Å². The molecule has 10 nitrogen and oxygen atoms in total. The standard InChI is InChI=1S/C48H46O10/c1-2-26-51-45(49)40(46(50)54-29-39-37-24-14-12-22-35(37)36-23-13-15-25-38(36)39)30-55-48-44(53-28-33-18-8-4-9-19-33)43(52-27-32-16-6-3-7-17-32)42-41(57-48)31-56-47(58-42)34-20-10-5-11-21-34/h2-25,39-44,47-48H,1,26-31H2/t40?,41-,42+,43+,44-,47?,48?/m1/s1. The molecule has 3 aliphatic rings. The van der Waals surface area contributed by atoms with Crippen molar-refractivity contribution in [1.82, 2.24) is 0 Å². The van der Waals surface area contributed by atoms with E-state index in [4.69, 9.17) is 37.9 Å². The minimum absolute atomic E-state index is 0.0251. The van der Waals surface area contributed by atoms with Crippen LogP contribution in [0, 0.1) is 5.92 Å². The molecule has 0 saturated carbocycles. The van der Waals surface area contributed by atoms with E-state index in [-0.39, 0.29) is 39.0 Å². The molecule has 2 aliphatic heterocycles. The third-order valence-corrected chi connectivity index (χ3v) is 10.6. The van der Waals surface area contributed by atoms with Crippen molar-refractivity contribution in [2.45, 2.75) is 56.1 Å². The van der Waals surface area contributed by atoms with Crippen LogP contribution in [0.15, 0.2) is 152 Å². The van der Waals surface area contributed by atoms with Gasteiger partial charge in [0.25, 0.3) is 0 Å². The van der Waals surface area contributed by atoms with Crippen molar-refractivity contribution in [3.8, 4) is 11.1 Å². The first-order valence-electron chi connectivity index (χ1n) is 19.6. The molecule has 7 atom stereocenters. The van der Waals surface area contributed by atoms with Crippen LogP contribution in [0.5, 0.6) is 0 Å². The van der Waals surface area contributed by atoms with Crippen molar-refractivity contribution in [1.29, 1.82) is 0 Å². The number of hydrogen-bond acceptors (Lipinski definition) is 10. The number of esters is 2. The normalized spacial score (nSPS) is 22.8. The lowest BCUT2D eigenvalue weighted by atomic mass is 9.97. The molecule has 0 amide bonds. The molecular weight excluding hydrogens is 737 g/mol. The Kier molecular flexibility index (Phi) is 12.8. The second kappa shape index (κ2) is 18.9. The summed E-state index contributed by atoms with van der Waals surface area (Å²) in [6.45, 7) is 3.79. The van der Waals surface area contributed by atoms with Gasteiger partial charge in [0.05, 0.1) is 26.4 Å². The van der Waals surface area contributed by atoms with Crippen molar-refractivity contribution in [3.05, 3.63) is 180 Å². The molecule has 5 aromatic carbocycles. The molecule has 2 saturated heterocycles. The Morgan fingerprint density at radius 1 is 0.655 bits per heavy atom. The fourth-order valence-corrected chi connectivity index (χ4v) is 7.73. The van der Waals surface area contributed by atoms with Crippen LogP contribution in [0.2, 0.25) is 0 Å². The van der Waals surface area contributed by atoms with Gasteiger partial charge in [-0.1, -0.05) is 152 Å². The van der Waals surface area contributed by atoms with Crippen LogP contribution in [0.25, 0.3) is 11.1 Å². The molecule has 298 valence electrons. The van der Waals surface area contributed by atoms with Gasteiger partial charge in [-0.3, -0.25) is 9.59 Å². The van der Waals surface area contributed by atoms with E-state index in [1.807, 2.05) is 127 Å². The highest BCUT2D eigenvalue weighted by molar-refractivity contribution is 5.95. The van der Waals surface area contributed by atoms with Gasteiger partial charge >= 0.3 is 11.9 Å². The average molecular weight is 783 g/mol. The SMILES string of the molecule is C=CCOC(=O)C(COC1O[C@@H]2COC(c3ccccc3)O[C@@H]2[C@H](OCc2ccccc2)[C@H]1OCc1ccccc1)C(=O)OCC1c2ccccc2-c2ccccc21. The van der Waals surface area contributed by atoms with Gasteiger partial charge in [-0.05, 0) is 33.4 Å². The summed E-state index contributed by atoms with van der Waals surface area (Å²) in [7, 11) is 0. The van der Waals surface area contributed by atoms with Gasteiger partial charge in [-0.15, -0.1) is 0 Å². The molecule has 0 spiro atoms. The Bertz CT molecular complexity index is 2080. The first-order valence-corrected chi connectivity index (χ1v) is 19.6. The van der Waals surface area contributed by atoms with Crippen molar-refractivity contribution in [2.24, 2.45) is 5.92 Å². The number of hydrogen-bond donors (Lipinski definition) is 0. The number of fused-ring (bicyclic) bond motifs is 4. The van der Waals surface area contributed by atoms with Gasteiger partial charge in [-0.2, -0.15) is 0 Å². The maximum absolute atomic E-state index is 14.0. The lowest BCUT2D eigenvalue weighted by Crippen LogP contribution is -2.63. The van der Waals surface area contributed by atoms with Crippen molar-refractivity contribution in [2.75, 3.05) is 26.4 Å². The zero-order chi connectivity index (χ0) is 39.7. The smallest absolute Gasteiger partial charge is 0.323 e. The first-order chi connectivity index (χ1) is 28.6. The fraction of sp³-hybridized carbons (Fsp3) is 0.292. The van der Waals surface area contributed by atoms with Crippen LogP contribution in [-0.2, 0) is 60.7 Å².